The van der Waals surface area contributed by atoms with E-state index in [-0.39, 0.29) is 35.4 Å². The quantitative estimate of drug-likeness (QED) is 0.110. The molecule has 0 heterocycles. The zero-order valence-electron chi connectivity index (χ0n) is 36.6. The van der Waals surface area contributed by atoms with Crippen molar-refractivity contribution >= 4 is 17.9 Å². The molecule has 1 unspecified atom stereocenters. The molecule has 0 saturated heterocycles. The van der Waals surface area contributed by atoms with E-state index < -0.39 is 23.3 Å². The zero-order valence-corrected chi connectivity index (χ0v) is 37.4. The van der Waals surface area contributed by atoms with Gasteiger partial charge >= 0.3 is 0 Å². The highest BCUT2D eigenvalue weighted by atomic mass is 35.5. The van der Waals surface area contributed by atoms with Gasteiger partial charge in [-0.2, -0.15) is 8.78 Å². The number of carbonyl (C=O) groups excluding carboxylic acids is 1. The number of alkyl halides is 1. The van der Waals surface area contributed by atoms with E-state index in [1.54, 1.807) is 32.0 Å². The van der Waals surface area contributed by atoms with Gasteiger partial charge in [-0.05, 0) is 149 Å². The summed E-state index contributed by atoms with van der Waals surface area (Å²) in [5, 5.41) is 10.8. The molecular weight excluding hydrogens is 776 g/mol. The summed E-state index contributed by atoms with van der Waals surface area (Å²) < 4.78 is 66.7. The standard InChI is InChI=1S/C25H38F2O2.C15H18F2O2.C10H19Cl/c1-3-5-17-6-8-18(9-7-17)16-22(28)20-12-10-19(11-13-20)21-14-15-23(29-4-2)25(27)24(21)26;1-2-19-13-8-7-12(14(16)15(13)17)11-5-3-10(9-18)4-6-11;1-2-3-9-4-6-10(8-11)7-5-9/h14-15,17-20,22,28H,3-13,16H2,1-2H3;7-11H,2-6H2,1H3;9-10H,2-8H2,1H3. The maximum atomic E-state index is 14.5. The molecule has 0 aromatic heterocycles. The molecule has 1 N–H and O–H groups in total. The van der Waals surface area contributed by atoms with E-state index in [1.165, 1.54) is 83.1 Å². The second kappa shape index (κ2) is 26.2. The molecule has 9 heteroatoms. The number of aliphatic hydroxyl groups is 1. The first-order valence-corrected chi connectivity index (χ1v) is 24.0. The number of benzene rings is 2. The Morgan fingerprint density at radius 3 is 1.39 bits per heavy atom. The summed E-state index contributed by atoms with van der Waals surface area (Å²) in [6.07, 6.45) is 24.2. The monoisotopic (exact) mass is 851 g/mol. The summed E-state index contributed by atoms with van der Waals surface area (Å²) >= 11 is 5.81. The maximum Gasteiger partial charge on any atom is 0.200 e. The second-order valence-corrected chi connectivity index (χ2v) is 18.4. The molecule has 0 amide bonds. The van der Waals surface area contributed by atoms with Crippen molar-refractivity contribution in [3.8, 4) is 11.5 Å². The Hall–Kier alpha value is -2.32. The Morgan fingerprint density at radius 2 is 1.00 bits per heavy atom. The van der Waals surface area contributed by atoms with Crippen LogP contribution in [0.5, 0.6) is 11.5 Å². The second-order valence-electron chi connectivity index (χ2n) is 18.1. The molecule has 0 radical (unpaired) electrons. The van der Waals surface area contributed by atoms with E-state index in [9.17, 15) is 27.5 Å². The number of ether oxygens (including phenoxy) is 2. The van der Waals surface area contributed by atoms with Crippen LogP contribution in [0.25, 0.3) is 0 Å². The molecule has 59 heavy (non-hydrogen) atoms. The van der Waals surface area contributed by atoms with Crippen LogP contribution in [0.1, 0.15) is 185 Å². The number of aldehydes is 1. The molecule has 6 rings (SSSR count). The third-order valence-electron chi connectivity index (χ3n) is 14.0. The fourth-order valence-corrected chi connectivity index (χ4v) is 10.7. The van der Waals surface area contributed by atoms with Gasteiger partial charge in [-0.25, -0.2) is 8.78 Å². The van der Waals surface area contributed by atoms with Crippen molar-refractivity contribution in [3.63, 3.8) is 0 Å². The molecule has 4 saturated carbocycles. The van der Waals surface area contributed by atoms with Crippen molar-refractivity contribution in [1.82, 2.24) is 0 Å². The lowest BCUT2D eigenvalue weighted by Crippen LogP contribution is -2.29. The molecule has 0 bridgehead atoms. The van der Waals surface area contributed by atoms with Crippen molar-refractivity contribution in [2.75, 3.05) is 19.1 Å². The third-order valence-corrected chi connectivity index (χ3v) is 14.5. The predicted molar refractivity (Wildman–Crippen MR) is 233 cm³/mol. The van der Waals surface area contributed by atoms with Crippen LogP contribution in [0.2, 0.25) is 0 Å². The Kier molecular flexibility index (Phi) is 21.9. The molecule has 4 aliphatic carbocycles. The average molecular weight is 852 g/mol. The highest BCUT2D eigenvalue weighted by Gasteiger charge is 2.32. The smallest absolute Gasteiger partial charge is 0.200 e. The highest BCUT2D eigenvalue weighted by Crippen LogP contribution is 2.42. The van der Waals surface area contributed by atoms with Crippen LogP contribution in [-0.4, -0.2) is 36.6 Å². The first-order chi connectivity index (χ1) is 28.6. The highest BCUT2D eigenvalue weighted by molar-refractivity contribution is 6.18. The van der Waals surface area contributed by atoms with Crippen LogP contribution < -0.4 is 9.47 Å². The Bertz CT molecular complexity index is 1490. The van der Waals surface area contributed by atoms with Crippen LogP contribution in [0.4, 0.5) is 17.6 Å². The SMILES string of the molecule is CCCC1CCC(CC(O)C2CCC(c3ccc(OCC)c(F)c3F)CC2)CC1.CCCC1CCC(CCl)CC1.CCOc1ccc(C2CCC(C=O)CC2)c(F)c1F. The largest absolute Gasteiger partial charge is 0.491 e. The van der Waals surface area contributed by atoms with E-state index in [1.807, 2.05) is 0 Å². The lowest BCUT2D eigenvalue weighted by atomic mass is 9.72. The van der Waals surface area contributed by atoms with E-state index >= 15 is 0 Å². The topological polar surface area (TPSA) is 55.8 Å². The maximum absolute atomic E-state index is 14.5. The van der Waals surface area contributed by atoms with Gasteiger partial charge in [-0.15, -0.1) is 11.6 Å². The molecule has 4 fully saturated rings. The molecule has 1 atom stereocenters. The van der Waals surface area contributed by atoms with Crippen molar-refractivity contribution in [1.29, 1.82) is 0 Å². The first-order valence-electron chi connectivity index (χ1n) is 23.5. The van der Waals surface area contributed by atoms with Gasteiger partial charge in [-0.3, -0.25) is 0 Å². The average Bonchev–Trinajstić information content (AvgIpc) is 3.26. The lowest BCUT2D eigenvalue weighted by molar-refractivity contribution is -0.111. The molecule has 4 nitrogen and oxygen atoms in total. The summed E-state index contributed by atoms with van der Waals surface area (Å²) in [6, 6.07) is 6.32. The number of hydrogen-bond acceptors (Lipinski definition) is 4. The number of hydrogen-bond donors (Lipinski definition) is 1. The van der Waals surface area contributed by atoms with Gasteiger partial charge in [0.05, 0.1) is 19.3 Å². The van der Waals surface area contributed by atoms with E-state index in [4.69, 9.17) is 21.1 Å². The third kappa shape index (κ3) is 14.9. The van der Waals surface area contributed by atoms with E-state index in [2.05, 4.69) is 13.8 Å². The Labute approximate surface area is 358 Å². The molecule has 2 aromatic carbocycles. The number of rotatable bonds is 15. The minimum atomic E-state index is -0.906. The van der Waals surface area contributed by atoms with Crippen molar-refractivity contribution in [2.24, 2.45) is 35.5 Å². The van der Waals surface area contributed by atoms with Crippen molar-refractivity contribution < 1.29 is 36.9 Å². The lowest BCUT2D eigenvalue weighted by Gasteiger charge is -2.35. The Balaban J connectivity index is 0.000000219. The van der Waals surface area contributed by atoms with Gasteiger partial charge in [0, 0.05) is 11.8 Å². The summed E-state index contributed by atoms with van der Waals surface area (Å²) in [5.74, 6) is 1.34. The molecular formula is C50H75ClF4O4. The normalized spacial score (nSPS) is 27.6. The van der Waals surface area contributed by atoms with Gasteiger partial charge in [0.25, 0.3) is 0 Å². The van der Waals surface area contributed by atoms with E-state index in [0.29, 0.717) is 36.2 Å². The van der Waals surface area contributed by atoms with Crippen LogP contribution in [0.3, 0.4) is 0 Å². The first kappa shape index (κ1) is 49.3. The molecule has 334 valence electrons. The fraction of sp³-hybridized carbons (Fsp3) is 0.740. The van der Waals surface area contributed by atoms with E-state index in [0.717, 1.165) is 87.7 Å². The van der Waals surface area contributed by atoms with Crippen LogP contribution >= 0.6 is 11.6 Å². The number of aliphatic hydroxyl groups excluding tert-OH is 1. The molecule has 4 aliphatic rings. The molecule has 0 aliphatic heterocycles. The van der Waals surface area contributed by atoms with Gasteiger partial charge < -0.3 is 19.4 Å². The van der Waals surface area contributed by atoms with Gasteiger partial charge in [0.2, 0.25) is 11.6 Å². The summed E-state index contributed by atoms with van der Waals surface area (Å²) in [7, 11) is 0. The fourth-order valence-electron chi connectivity index (χ4n) is 10.4. The Morgan fingerprint density at radius 1 is 0.593 bits per heavy atom. The summed E-state index contributed by atoms with van der Waals surface area (Å²) in [5.41, 5.74) is 0.874. The minimum Gasteiger partial charge on any atom is -0.491 e. The summed E-state index contributed by atoms with van der Waals surface area (Å²) in [6.45, 7) is 8.66. The molecule has 2 aromatic rings. The van der Waals surface area contributed by atoms with Gasteiger partial charge in [-0.1, -0.05) is 90.2 Å². The van der Waals surface area contributed by atoms with Crippen molar-refractivity contribution in [2.45, 2.75) is 180 Å². The van der Waals surface area contributed by atoms with Crippen LogP contribution in [0.15, 0.2) is 24.3 Å². The number of halogens is 5. The van der Waals surface area contributed by atoms with Crippen LogP contribution in [0, 0.1) is 58.8 Å². The van der Waals surface area contributed by atoms with Gasteiger partial charge in [0.15, 0.2) is 23.1 Å². The zero-order chi connectivity index (χ0) is 42.7. The summed E-state index contributed by atoms with van der Waals surface area (Å²) in [4.78, 5) is 10.7. The van der Waals surface area contributed by atoms with Crippen molar-refractivity contribution in [3.05, 3.63) is 58.7 Å². The minimum absolute atomic E-state index is 0.00127. The number of carbonyl (C=O) groups is 1. The predicted octanol–water partition coefficient (Wildman–Crippen LogP) is 14.7. The molecule has 0 spiro atoms. The van der Waals surface area contributed by atoms with Crippen LogP contribution in [-0.2, 0) is 4.79 Å². The van der Waals surface area contributed by atoms with Gasteiger partial charge in [0.1, 0.15) is 6.29 Å².